The summed E-state index contributed by atoms with van der Waals surface area (Å²) in [7, 11) is 1.59. The fourth-order valence-electron chi connectivity index (χ4n) is 4.79. The molecule has 0 aromatic heterocycles. The number of amides is 2. The maximum absolute atomic E-state index is 13.3. The van der Waals surface area contributed by atoms with E-state index >= 15 is 0 Å². The molecule has 5 heteroatoms. The lowest BCUT2D eigenvalue weighted by molar-refractivity contribution is -0.148. The molecule has 0 radical (unpaired) electrons. The van der Waals surface area contributed by atoms with E-state index in [-0.39, 0.29) is 23.4 Å². The molecule has 0 spiro atoms. The van der Waals surface area contributed by atoms with Gasteiger partial charge in [0.15, 0.2) is 7.85 Å². The van der Waals surface area contributed by atoms with E-state index in [4.69, 9.17) is 0 Å². The fourth-order valence-corrected chi connectivity index (χ4v) is 4.79. The third kappa shape index (κ3) is 6.45. The van der Waals surface area contributed by atoms with Gasteiger partial charge in [0.1, 0.15) is 0 Å². The summed E-state index contributed by atoms with van der Waals surface area (Å²) in [5.41, 5.74) is -1.10. The second-order valence-electron chi connectivity index (χ2n) is 10.1. The maximum atomic E-state index is 13.3. The van der Waals surface area contributed by atoms with E-state index < -0.39 is 11.0 Å². The molecular formula is C23H42BNO3. The van der Waals surface area contributed by atoms with Gasteiger partial charge in [-0.15, -0.1) is 0 Å². The van der Waals surface area contributed by atoms with Crippen molar-refractivity contribution in [2.24, 2.45) is 17.3 Å². The topological polar surface area (TPSA) is 54.5 Å². The highest BCUT2D eigenvalue weighted by molar-refractivity contribution is 6.58. The lowest BCUT2D eigenvalue weighted by Crippen LogP contribution is -2.51. The molecule has 2 atom stereocenters. The van der Waals surface area contributed by atoms with Gasteiger partial charge in [-0.25, -0.2) is 0 Å². The molecule has 1 rings (SSSR count). The Labute approximate surface area is 173 Å². The number of hydrogen-bond acceptors (Lipinski definition) is 3. The summed E-state index contributed by atoms with van der Waals surface area (Å²) in [6.45, 7) is 12.0. The average molecular weight is 391 g/mol. The van der Waals surface area contributed by atoms with Crippen LogP contribution in [0.2, 0.25) is 0 Å². The molecule has 2 amide bonds. The first-order valence-electron chi connectivity index (χ1n) is 11.4. The van der Waals surface area contributed by atoms with Crippen molar-refractivity contribution in [1.29, 1.82) is 0 Å². The van der Waals surface area contributed by atoms with E-state index in [2.05, 4.69) is 13.8 Å². The Morgan fingerprint density at radius 2 is 1.61 bits per heavy atom. The summed E-state index contributed by atoms with van der Waals surface area (Å²) in [4.78, 5) is 39.7. The van der Waals surface area contributed by atoms with E-state index in [0.29, 0.717) is 18.8 Å². The molecule has 4 nitrogen and oxygen atoms in total. The summed E-state index contributed by atoms with van der Waals surface area (Å²) in [6.07, 6.45) is 9.90. The Bertz CT molecular complexity index is 556. The van der Waals surface area contributed by atoms with E-state index in [9.17, 15) is 14.4 Å². The summed E-state index contributed by atoms with van der Waals surface area (Å²) in [6, 6.07) is 0. The van der Waals surface area contributed by atoms with Gasteiger partial charge in [0.2, 0.25) is 11.8 Å². The largest absolute Gasteiger partial charge is 0.311 e. The molecule has 0 N–H and O–H groups in total. The molecule has 1 fully saturated rings. The molecular weight excluding hydrogens is 349 g/mol. The molecule has 160 valence electrons. The van der Waals surface area contributed by atoms with Crippen LogP contribution in [0.1, 0.15) is 106 Å². The van der Waals surface area contributed by atoms with Crippen molar-refractivity contribution in [3.8, 4) is 0 Å². The second-order valence-corrected chi connectivity index (χ2v) is 10.1. The number of likely N-dealkylation sites (tertiary alicyclic amines) is 1. The van der Waals surface area contributed by atoms with Crippen LogP contribution in [0, 0.1) is 17.3 Å². The molecule has 0 aromatic carbocycles. The first-order valence-corrected chi connectivity index (χ1v) is 11.4. The van der Waals surface area contributed by atoms with Crippen molar-refractivity contribution < 1.29 is 14.4 Å². The van der Waals surface area contributed by atoms with Crippen molar-refractivity contribution in [2.45, 2.75) is 111 Å². The standard InChI is InChI=1S/C23H42BNO3/c1-7-9-11-12-14-17(13-10-8-2)18-15-19(26)25(20(18)27)23(5,6)16-22(3,4)21(24)28/h17-18H,7-16,24H2,1-6H3. The minimum absolute atomic E-state index is 0.00838. The highest BCUT2D eigenvalue weighted by atomic mass is 16.2. The van der Waals surface area contributed by atoms with Gasteiger partial charge in [-0.1, -0.05) is 66.2 Å². The zero-order valence-corrected chi connectivity index (χ0v) is 19.4. The number of hydrogen-bond donors (Lipinski definition) is 0. The minimum Gasteiger partial charge on any atom is -0.311 e. The molecule has 0 aliphatic carbocycles. The smallest absolute Gasteiger partial charge is 0.233 e. The molecule has 2 unspecified atom stereocenters. The molecule has 0 saturated carbocycles. The normalized spacial score (nSPS) is 19.4. The Morgan fingerprint density at radius 3 is 2.14 bits per heavy atom. The SMILES string of the molecule is BC(=O)C(C)(C)CC(C)(C)N1C(=O)CC(C(CCCC)CCCCCC)C1=O. The highest BCUT2D eigenvalue weighted by Crippen LogP contribution is 2.40. The van der Waals surface area contributed by atoms with Crippen molar-refractivity contribution in [3.05, 3.63) is 0 Å². The van der Waals surface area contributed by atoms with Gasteiger partial charge in [-0.05, 0) is 39.0 Å². The van der Waals surface area contributed by atoms with Gasteiger partial charge in [-0.3, -0.25) is 14.5 Å². The van der Waals surface area contributed by atoms with Crippen LogP contribution in [0.15, 0.2) is 0 Å². The minimum atomic E-state index is -0.643. The van der Waals surface area contributed by atoms with Crippen LogP contribution in [-0.2, 0) is 14.4 Å². The monoisotopic (exact) mass is 391 g/mol. The lowest BCUT2D eigenvalue weighted by atomic mass is 9.70. The number of carbonyl (C=O) groups excluding carboxylic acids is 3. The van der Waals surface area contributed by atoms with E-state index in [1.54, 1.807) is 7.85 Å². The van der Waals surface area contributed by atoms with Gasteiger partial charge in [0, 0.05) is 17.4 Å². The van der Waals surface area contributed by atoms with Crippen molar-refractivity contribution in [3.63, 3.8) is 0 Å². The number of rotatable bonds is 13. The molecule has 28 heavy (non-hydrogen) atoms. The van der Waals surface area contributed by atoms with Gasteiger partial charge >= 0.3 is 0 Å². The molecule has 1 saturated heterocycles. The third-order valence-corrected chi connectivity index (χ3v) is 6.54. The van der Waals surface area contributed by atoms with Crippen LogP contribution in [0.5, 0.6) is 0 Å². The quantitative estimate of drug-likeness (QED) is 0.264. The number of imide groups is 1. The predicted octanol–water partition coefficient (Wildman–Crippen LogP) is 4.49. The molecule has 1 aliphatic heterocycles. The summed E-state index contributed by atoms with van der Waals surface area (Å²) >= 11 is 0. The summed E-state index contributed by atoms with van der Waals surface area (Å²) in [5.74, 6) is 0.0515. The van der Waals surface area contributed by atoms with E-state index in [1.165, 1.54) is 24.2 Å². The van der Waals surface area contributed by atoms with E-state index in [0.717, 1.165) is 32.1 Å². The number of unbranched alkanes of at least 4 members (excludes halogenated alkanes) is 4. The second kappa shape index (κ2) is 10.6. The van der Waals surface area contributed by atoms with Gasteiger partial charge < -0.3 is 4.79 Å². The average Bonchev–Trinajstić information content (AvgIpc) is 2.88. The first kappa shape index (κ1) is 24.9. The van der Waals surface area contributed by atoms with Gasteiger partial charge in [0.05, 0.1) is 11.6 Å². The van der Waals surface area contributed by atoms with Crippen molar-refractivity contribution in [1.82, 2.24) is 4.90 Å². The van der Waals surface area contributed by atoms with E-state index in [1.807, 2.05) is 27.7 Å². The zero-order valence-electron chi connectivity index (χ0n) is 19.4. The van der Waals surface area contributed by atoms with Gasteiger partial charge in [-0.2, -0.15) is 0 Å². The predicted molar refractivity (Wildman–Crippen MR) is 118 cm³/mol. The third-order valence-electron chi connectivity index (χ3n) is 6.54. The fraction of sp³-hybridized carbons (Fsp3) is 0.870. The van der Waals surface area contributed by atoms with Gasteiger partial charge in [0.25, 0.3) is 0 Å². The van der Waals surface area contributed by atoms with Crippen LogP contribution in [0.3, 0.4) is 0 Å². The van der Waals surface area contributed by atoms with Crippen LogP contribution < -0.4 is 0 Å². The number of carbonyl (C=O) groups is 3. The van der Waals surface area contributed by atoms with Crippen LogP contribution in [0.4, 0.5) is 0 Å². The Kier molecular flexibility index (Phi) is 9.43. The van der Waals surface area contributed by atoms with Crippen LogP contribution in [0.25, 0.3) is 0 Å². The lowest BCUT2D eigenvalue weighted by Gasteiger charge is -2.40. The molecule has 0 aromatic rings. The molecule has 1 aliphatic rings. The zero-order chi connectivity index (χ0) is 21.5. The first-order chi connectivity index (χ1) is 13.0. The number of nitrogens with zero attached hydrogens (tertiary/aromatic N) is 1. The van der Waals surface area contributed by atoms with Crippen LogP contribution >= 0.6 is 0 Å². The van der Waals surface area contributed by atoms with Crippen molar-refractivity contribution in [2.75, 3.05) is 0 Å². The maximum Gasteiger partial charge on any atom is 0.233 e. The molecule has 0 bridgehead atoms. The Hall–Kier alpha value is -1.13. The van der Waals surface area contributed by atoms with Crippen LogP contribution in [-0.4, -0.2) is 35.8 Å². The van der Waals surface area contributed by atoms with Crippen molar-refractivity contribution >= 4 is 25.3 Å². The highest BCUT2D eigenvalue weighted by Gasteiger charge is 2.49. The summed E-state index contributed by atoms with van der Waals surface area (Å²) in [5, 5.41) is 0. The Balaban J connectivity index is 2.94. The summed E-state index contributed by atoms with van der Waals surface area (Å²) < 4.78 is 0. The Morgan fingerprint density at radius 1 is 1.04 bits per heavy atom. The molecule has 1 heterocycles.